The van der Waals surface area contributed by atoms with Gasteiger partial charge in [-0.25, -0.2) is 9.78 Å². The lowest BCUT2D eigenvalue weighted by Crippen LogP contribution is -2.06. The summed E-state index contributed by atoms with van der Waals surface area (Å²) in [6, 6.07) is 12.7. The number of aromatic amines is 1. The first kappa shape index (κ1) is 21.6. The third-order valence-electron chi connectivity index (χ3n) is 4.73. The summed E-state index contributed by atoms with van der Waals surface area (Å²) in [4.78, 5) is 27.7. The number of aryl methyl sites for hydroxylation is 2. The Morgan fingerprint density at radius 1 is 1.19 bits per heavy atom. The van der Waals surface area contributed by atoms with Gasteiger partial charge in [0.1, 0.15) is 17.9 Å². The molecule has 0 radical (unpaired) electrons. The van der Waals surface area contributed by atoms with Gasteiger partial charge < -0.3 is 14.5 Å². The van der Waals surface area contributed by atoms with Crippen molar-refractivity contribution in [2.24, 2.45) is 0 Å². The minimum atomic E-state index is -0.453. The van der Waals surface area contributed by atoms with E-state index >= 15 is 0 Å². The normalized spacial score (nSPS) is 11.0. The van der Waals surface area contributed by atoms with Crippen molar-refractivity contribution in [3.63, 3.8) is 0 Å². The molecule has 1 amide bonds. The number of nitrogens with zero attached hydrogens (tertiary/aromatic N) is 2. The zero-order chi connectivity index (χ0) is 22.7. The van der Waals surface area contributed by atoms with Crippen molar-refractivity contribution in [1.82, 2.24) is 15.2 Å². The van der Waals surface area contributed by atoms with E-state index in [1.807, 2.05) is 38.1 Å². The lowest BCUT2D eigenvalue weighted by atomic mass is 10.1. The van der Waals surface area contributed by atoms with Gasteiger partial charge in [-0.15, -0.1) is 5.10 Å². The highest BCUT2D eigenvalue weighted by Gasteiger charge is 2.11. The predicted octanol–water partition coefficient (Wildman–Crippen LogP) is 4.36. The number of carbonyl (C=O) groups is 1. The summed E-state index contributed by atoms with van der Waals surface area (Å²) in [7, 11) is 0. The van der Waals surface area contributed by atoms with E-state index in [4.69, 9.17) is 9.15 Å². The van der Waals surface area contributed by atoms with Crippen molar-refractivity contribution in [3.8, 4) is 5.75 Å². The van der Waals surface area contributed by atoms with Crippen LogP contribution in [0.1, 0.15) is 29.4 Å². The number of nitrogens with one attached hydrogen (secondary N) is 2. The second kappa shape index (κ2) is 9.27. The molecule has 0 spiro atoms. The number of hydrogen-bond donors (Lipinski definition) is 2. The van der Waals surface area contributed by atoms with E-state index in [-0.39, 0.29) is 12.5 Å². The Kier molecular flexibility index (Phi) is 6.27. The van der Waals surface area contributed by atoms with E-state index < -0.39 is 5.63 Å². The largest absolute Gasteiger partial charge is 0.485 e. The highest BCUT2D eigenvalue weighted by atomic mass is 32.2. The Bertz CT molecular complexity index is 1350. The molecule has 0 fully saturated rings. The van der Waals surface area contributed by atoms with Gasteiger partial charge in [-0.05, 0) is 48.7 Å². The van der Waals surface area contributed by atoms with Crippen LogP contribution in [0, 0.1) is 13.8 Å². The number of anilines is 1. The molecule has 0 saturated heterocycles. The van der Waals surface area contributed by atoms with Gasteiger partial charge in [-0.3, -0.25) is 9.89 Å². The number of aromatic nitrogens is 3. The van der Waals surface area contributed by atoms with Gasteiger partial charge >= 0.3 is 5.63 Å². The molecule has 2 aromatic heterocycles. The molecule has 0 aliphatic rings. The number of benzene rings is 2. The topological polar surface area (TPSA) is 110 Å². The molecule has 0 aliphatic heterocycles. The maximum atomic E-state index is 12.0. The molecule has 2 heterocycles. The predicted molar refractivity (Wildman–Crippen MR) is 123 cm³/mol. The summed E-state index contributed by atoms with van der Waals surface area (Å²) in [5.41, 5.74) is 3.51. The quantitative estimate of drug-likeness (QED) is 0.318. The van der Waals surface area contributed by atoms with Gasteiger partial charge in [0.05, 0.1) is 0 Å². The second-order valence-electron chi connectivity index (χ2n) is 7.39. The van der Waals surface area contributed by atoms with E-state index in [9.17, 15) is 9.59 Å². The molecular weight excluding hydrogens is 428 g/mol. The molecule has 0 saturated carbocycles. The molecule has 9 heteroatoms. The van der Waals surface area contributed by atoms with Crippen LogP contribution in [0.25, 0.3) is 11.0 Å². The molecule has 4 aromatic rings. The summed E-state index contributed by atoms with van der Waals surface area (Å²) in [5.74, 6) is 1.72. The van der Waals surface area contributed by atoms with Crippen LogP contribution in [0.5, 0.6) is 5.75 Å². The van der Waals surface area contributed by atoms with Crippen LogP contribution in [0.3, 0.4) is 0 Å². The molecule has 32 heavy (non-hydrogen) atoms. The van der Waals surface area contributed by atoms with Gasteiger partial charge in [0.2, 0.25) is 11.1 Å². The molecule has 8 nitrogen and oxygen atoms in total. The molecule has 2 aromatic carbocycles. The van der Waals surface area contributed by atoms with Crippen LogP contribution in [-0.4, -0.2) is 21.1 Å². The summed E-state index contributed by atoms with van der Waals surface area (Å²) < 4.78 is 11.2. The summed E-state index contributed by atoms with van der Waals surface area (Å²) in [6.07, 6.45) is 0. The standard InChI is InChI=1S/C23H22N4O4S/c1-13-4-5-14(2)19(8-13)30-11-21-25-23(27-26-21)32-12-16-9-22(29)31-20-10-17(24-15(3)28)6-7-18(16)20/h4-10H,11-12H2,1-3H3,(H,24,28)(H,25,26,27). The lowest BCUT2D eigenvalue weighted by molar-refractivity contribution is -0.114. The first-order valence-corrected chi connectivity index (χ1v) is 10.9. The zero-order valence-corrected chi connectivity index (χ0v) is 18.7. The Balaban J connectivity index is 1.45. The number of thioether (sulfide) groups is 1. The van der Waals surface area contributed by atoms with Crippen molar-refractivity contribution in [1.29, 1.82) is 0 Å². The number of carbonyl (C=O) groups excluding carboxylic acids is 1. The molecule has 0 bridgehead atoms. The van der Waals surface area contributed by atoms with Gasteiger partial charge in [0.15, 0.2) is 5.82 Å². The number of amides is 1. The van der Waals surface area contributed by atoms with Crippen LogP contribution in [0.2, 0.25) is 0 Å². The molecule has 0 aliphatic carbocycles. The lowest BCUT2D eigenvalue weighted by Gasteiger charge is -2.08. The summed E-state index contributed by atoms with van der Waals surface area (Å²) in [5, 5.41) is 11.2. The van der Waals surface area contributed by atoms with Crippen molar-refractivity contribution in [2.45, 2.75) is 38.3 Å². The number of hydrogen-bond acceptors (Lipinski definition) is 7. The van der Waals surface area contributed by atoms with Gasteiger partial charge in [0.25, 0.3) is 0 Å². The van der Waals surface area contributed by atoms with Crippen molar-refractivity contribution >= 4 is 34.3 Å². The third kappa shape index (κ3) is 5.17. The Morgan fingerprint density at radius 3 is 2.84 bits per heavy atom. The maximum Gasteiger partial charge on any atom is 0.336 e. The number of H-pyrrole nitrogens is 1. The molecular formula is C23H22N4O4S. The molecule has 2 N–H and O–H groups in total. The van der Waals surface area contributed by atoms with Crippen LogP contribution in [0.4, 0.5) is 5.69 Å². The van der Waals surface area contributed by atoms with Gasteiger partial charge in [0, 0.05) is 35.9 Å². The minimum absolute atomic E-state index is 0.194. The van der Waals surface area contributed by atoms with Crippen molar-refractivity contribution < 1.29 is 13.9 Å². The van der Waals surface area contributed by atoms with E-state index in [2.05, 4.69) is 20.5 Å². The fraction of sp³-hybridized carbons (Fsp3) is 0.217. The van der Waals surface area contributed by atoms with Crippen LogP contribution < -0.4 is 15.7 Å². The van der Waals surface area contributed by atoms with Crippen LogP contribution in [-0.2, 0) is 17.2 Å². The van der Waals surface area contributed by atoms with Gasteiger partial charge in [-0.1, -0.05) is 23.9 Å². The minimum Gasteiger partial charge on any atom is -0.485 e. The first-order chi connectivity index (χ1) is 15.4. The van der Waals surface area contributed by atoms with Gasteiger partial charge in [-0.2, -0.15) is 0 Å². The number of fused-ring (bicyclic) bond motifs is 1. The maximum absolute atomic E-state index is 12.0. The van der Waals surface area contributed by atoms with Crippen LogP contribution in [0.15, 0.2) is 56.8 Å². The molecule has 164 valence electrons. The average Bonchev–Trinajstić information content (AvgIpc) is 3.19. The summed E-state index contributed by atoms with van der Waals surface area (Å²) >= 11 is 1.40. The number of ether oxygens (including phenoxy) is 1. The van der Waals surface area contributed by atoms with Crippen molar-refractivity contribution in [3.05, 3.63) is 75.4 Å². The highest BCUT2D eigenvalue weighted by Crippen LogP contribution is 2.27. The van der Waals surface area contributed by atoms with Crippen LogP contribution >= 0.6 is 11.8 Å². The third-order valence-corrected chi connectivity index (χ3v) is 5.62. The number of rotatable bonds is 7. The molecule has 4 rings (SSSR count). The van der Waals surface area contributed by atoms with Crippen molar-refractivity contribution in [2.75, 3.05) is 5.32 Å². The second-order valence-corrected chi connectivity index (χ2v) is 8.34. The first-order valence-electron chi connectivity index (χ1n) is 9.96. The van der Waals surface area contributed by atoms with E-state index in [1.165, 1.54) is 24.8 Å². The zero-order valence-electron chi connectivity index (χ0n) is 17.9. The SMILES string of the molecule is CC(=O)Nc1ccc2c(CSc3n[nH]c(COc4cc(C)ccc4C)n3)cc(=O)oc2c1. The molecule has 0 atom stereocenters. The Hall–Kier alpha value is -3.59. The Morgan fingerprint density at radius 2 is 2.03 bits per heavy atom. The fourth-order valence-electron chi connectivity index (χ4n) is 3.19. The van der Waals surface area contributed by atoms with E-state index in [0.29, 0.717) is 28.0 Å². The smallest absolute Gasteiger partial charge is 0.336 e. The Labute approximate surface area is 188 Å². The van der Waals surface area contributed by atoms with E-state index in [0.717, 1.165) is 27.8 Å². The van der Waals surface area contributed by atoms with E-state index in [1.54, 1.807) is 12.1 Å². The highest BCUT2D eigenvalue weighted by molar-refractivity contribution is 7.98. The fourth-order valence-corrected chi connectivity index (χ4v) is 4.00. The average molecular weight is 451 g/mol. The molecule has 0 unspecified atom stereocenters. The monoisotopic (exact) mass is 450 g/mol. The summed E-state index contributed by atoms with van der Waals surface area (Å²) in [6.45, 7) is 5.72.